The summed E-state index contributed by atoms with van der Waals surface area (Å²) in [5.74, 6) is -1.43. The minimum atomic E-state index is -0.676. The molecule has 1 heterocycles. The fraction of sp³-hybridized carbons (Fsp3) is 0.240. The summed E-state index contributed by atoms with van der Waals surface area (Å²) in [5.41, 5.74) is 1.87. The second kappa shape index (κ2) is 9.96. The average molecular weight is 434 g/mol. The first-order valence-electron chi connectivity index (χ1n) is 10.4. The lowest BCUT2D eigenvalue weighted by Gasteiger charge is -2.31. The predicted molar refractivity (Wildman–Crippen MR) is 122 cm³/mol. The number of benzene rings is 2. The molecule has 0 saturated carbocycles. The molecule has 2 N–H and O–H groups in total. The molecule has 32 heavy (non-hydrogen) atoms. The van der Waals surface area contributed by atoms with Gasteiger partial charge in [-0.15, -0.1) is 0 Å². The molecule has 7 nitrogen and oxygen atoms in total. The number of phenols is 2. The minimum Gasteiger partial charge on any atom is -0.508 e. The Morgan fingerprint density at radius 2 is 1.38 bits per heavy atom. The number of carbonyl (C=O) groups is 3. The van der Waals surface area contributed by atoms with Gasteiger partial charge < -0.3 is 20.0 Å². The zero-order valence-electron chi connectivity index (χ0n) is 18.1. The molecule has 0 radical (unpaired) electrons. The highest BCUT2D eigenvalue weighted by Crippen LogP contribution is 2.24. The number of hydrogen-bond donors (Lipinski definition) is 2. The normalized spacial score (nSPS) is 16.4. The van der Waals surface area contributed by atoms with E-state index in [0.717, 1.165) is 0 Å². The van der Waals surface area contributed by atoms with Crippen LogP contribution in [0, 0.1) is 0 Å². The van der Waals surface area contributed by atoms with Gasteiger partial charge in [0, 0.05) is 24.2 Å². The lowest BCUT2D eigenvalue weighted by Crippen LogP contribution is -2.49. The smallest absolute Gasteiger partial charge is 0.312 e. The quantitative estimate of drug-likeness (QED) is 0.570. The van der Waals surface area contributed by atoms with Crippen LogP contribution >= 0.6 is 0 Å². The van der Waals surface area contributed by atoms with Gasteiger partial charge in [0.2, 0.25) is 0 Å². The summed E-state index contributed by atoms with van der Waals surface area (Å²) in [6.45, 7) is 4.39. The standard InChI is InChI=1S/C25H26N2O5/c1-3-26(4-2)24(31)25(32)27-15-19(11-17-7-5-9-21(28)13-17)23(30)20(16-27)12-18-8-6-10-22(29)14-18/h5-14,28-29H,3-4,15-16H2,1-2H3/b19-11+,20-12+. The number of ketones is 1. The van der Waals surface area contributed by atoms with E-state index in [-0.39, 0.29) is 30.4 Å². The molecule has 1 aliphatic rings. The fourth-order valence-electron chi connectivity index (χ4n) is 3.60. The summed E-state index contributed by atoms with van der Waals surface area (Å²) >= 11 is 0. The van der Waals surface area contributed by atoms with E-state index in [1.54, 1.807) is 50.3 Å². The van der Waals surface area contributed by atoms with Crippen LogP contribution < -0.4 is 0 Å². The Balaban J connectivity index is 2.01. The number of aromatic hydroxyl groups is 2. The Bertz CT molecular complexity index is 1030. The van der Waals surface area contributed by atoms with E-state index in [2.05, 4.69) is 0 Å². The number of likely N-dealkylation sites (N-methyl/N-ethyl adjacent to an activating group) is 1. The topological polar surface area (TPSA) is 98.2 Å². The molecule has 2 aromatic carbocycles. The van der Waals surface area contributed by atoms with E-state index >= 15 is 0 Å². The number of carbonyl (C=O) groups excluding carboxylic acids is 3. The van der Waals surface area contributed by atoms with Gasteiger partial charge in [-0.25, -0.2) is 0 Å². The first-order valence-corrected chi connectivity index (χ1v) is 10.4. The lowest BCUT2D eigenvalue weighted by atomic mass is 9.94. The minimum absolute atomic E-state index is 0.0162. The van der Waals surface area contributed by atoms with Crippen molar-refractivity contribution in [3.05, 3.63) is 70.8 Å². The first-order chi connectivity index (χ1) is 15.3. The van der Waals surface area contributed by atoms with E-state index in [4.69, 9.17) is 0 Å². The van der Waals surface area contributed by atoms with Crippen LogP contribution in [0.4, 0.5) is 0 Å². The van der Waals surface area contributed by atoms with Crippen LogP contribution in [0.5, 0.6) is 11.5 Å². The Hall–Kier alpha value is -3.87. The number of amides is 2. The van der Waals surface area contributed by atoms with Gasteiger partial charge in [-0.05, 0) is 61.4 Å². The molecular formula is C25H26N2O5. The zero-order chi connectivity index (χ0) is 23.3. The third kappa shape index (κ3) is 5.24. The molecule has 2 amide bonds. The number of rotatable bonds is 4. The third-order valence-corrected chi connectivity index (χ3v) is 5.25. The van der Waals surface area contributed by atoms with Crippen LogP contribution in [0.3, 0.4) is 0 Å². The van der Waals surface area contributed by atoms with Crippen LogP contribution in [-0.2, 0) is 14.4 Å². The molecule has 0 unspecified atom stereocenters. The van der Waals surface area contributed by atoms with Gasteiger partial charge in [0.15, 0.2) is 5.78 Å². The summed E-state index contributed by atoms with van der Waals surface area (Å²) in [7, 11) is 0. The predicted octanol–water partition coefficient (Wildman–Crippen LogP) is 2.84. The van der Waals surface area contributed by atoms with Crippen molar-refractivity contribution in [2.24, 2.45) is 0 Å². The molecular weight excluding hydrogens is 408 g/mol. The monoisotopic (exact) mass is 434 g/mol. The molecule has 1 fully saturated rings. The number of Topliss-reactive ketones (excluding diaryl/α,β-unsaturated/α-hetero) is 1. The second-order valence-electron chi connectivity index (χ2n) is 7.50. The summed E-state index contributed by atoms with van der Waals surface area (Å²) in [6, 6.07) is 12.9. The van der Waals surface area contributed by atoms with Gasteiger partial charge in [-0.2, -0.15) is 0 Å². The maximum Gasteiger partial charge on any atom is 0.312 e. The van der Waals surface area contributed by atoms with Gasteiger partial charge in [-0.3, -0.25) is 14.4 Å². The molecule has 2 aromatic rings. The summed E-state index contributed by atoms with van der Waals surface area (Å²) in [5, 5.41) is 19.5. The van der Waals surface area contributed by atoms with Gasteiger partial charge in [0.25, 0.3) is 0 Å². The highest BCUT2D eigenvalue weighted by atomic mass is 16.3. The van der Waals surface area contributed by atoms with E-state index in [9.17, 15) is 24.6 Å². The van der Waals surface area contributed by atoms with Crippen molar-refractivity contribution in [3.63, 3.8) is 0 Å². The molecule has 0 atom stereocenters. The lowest BCUT2D eigenvalue weighted by molar-refractivity contribution is -0.151. The van der Waals surface area contributed by atoms with Crippen LogP contribution in [0.15, 0.2) is 59.7 Å². The Morgan fingerprint density at radius 3 is 1.78 bits per heavy atom. The number of phenolic OH excluding ortho intramolecular Hbond substituents is 2. The number of piperidine rings is 1. The van der Waals surface area contributed by atoms with Crippen LogP contribution in [-0.4, -0.2) is 63.8 Å². The Kier molecular flexibility index (Phi) is 7.10. The largest absolute Gasteiger partial charge is 0.508 e. The van der Waals surface area contributed by atoms with Gasteiger partial charge in [-0.1, -0.05) is 24.3 Å². The van der Waals surface area contributed by atoms with Crippen molar-refractivity contribution in [2.45, 2.75) is 13.8 Å². The first kappa shape index (κ1) is 22.8. The van der Waals surface area contributed by atoms with Crippen molar-refractivity contribution >= 4 is 29.7 Å². The second-order valence-corrected chi connectivity index (χ2v) is 7.50. The maximum absolute atomic E-state index is 13.2. The summed E-state index contributed by atoms with van der Waals surface area (Å²) in [6.07, 6.45) is 3.22. The van der Waals surface area contributed by atoms with Crippen LogP contribution in [0.25, 0.3) is 12.2 Å². The molecule has 7 heteroatoms. The number of likely N-dealkylation sites (tertiary alicyclic amines) is 1. The van der Waals surface area contributed by atoms with Crippen LogP contribution in [0.1, 0.15) is 25.0 Å². The molecule has 0 aromatic heterocycles. The van der Waals surface area contributed by atoms with Crippen molar-refractivity contribution in [1.29, 1.82) is 0 Å². The maximum atomic E-state index is 13.2. The van der Waals surface area contributed by atoms with E-state index in [0.29, 0.717) is 35.4 Å². The van der Waals surface area contributed by atoms with Gasteiger partial charge in [0.05, 0.1) is 13.1 Å². The number of nitrogens with zero attached hydrogens (tertiary/aromatic N) is 2. The molecule has 0 aliphatic carbocycles. The Morgan fingerprint density at radius 1 is 0.906 bits per heavy atom. The van der Waals surface area contributed by atoms with Crippen molar-refractivity contribution in [1.82, 2.24) is 9.80 Å². The molecule has 3 rings (SSSR count). The fourth-order valence-corrected chi connectivity index (χ4v) is 3.60. The van der Waals surface area contributed by atoms with Gasteiger partial charge in [0.1, 0.15) is 11.5 Å². The van der Waals surface area contributed by atoms with E-state index in [1.165, 1.54) is 34.1 Å². The van der Waals surface area contributed by atoms with Crippen LogP contribution in [0.2, 0.25) is 0 Å². The van der Waals surface area contributed by atoms with Crippen molar-refractivity contribution in [2.75, 3.05) is 26.2 Å². The molecule has 1 aliphatic heterocycles. The highest BCUT2D eigenvalue weighted by molar-refractivity contribution is 6.35. The molecule has 1 saturated heterocycles. The molecule has 0 spiro atoms. The van der Waals surface area contributed by atoms with Crippen molar-refractivity contribution in [3.8, 4) is 11.5 Å². The molecule has 166 valence electrons. The van der Waals surface area contributed by atoms with Gasteiger partial charge >= 0.3 is 11.8 Å². The molecule has 0 bridgehead atoms. The zero-order valence-corrected chi connectivity index (χ0v) is 18.1. The van der Waals surface area contributed by atoms with Crippen molar-refractivity contribution < 1.29 is 24.6 Å². The average Bonchev–Trinajstić information content (AvgIpc) is 2.76. The van der Waals surface area contributed by atoms with E-state index < -0.39 is 11.8 Å². The Labute approximate surface area is 186 Å². The highest BCUT2D eigenvalue weighted by Gasteiger charge is 2.33. The third-order valence-electron chi connectivity index (χ3n) is 5.25. The summed E-state index contributed by atoms with van der Waals surface area (Å²) < 4.78 is 0. The summed E-state index contributed by atoms with van der Waals surface area (Å²) in [4.78, 5) is 41.6. The van der Waals surface area contributed by atoms with E-state index in [1.807, 2.05) is 0 Å². The number of hydrogen-bond acceptors (Lipinski definition) is 5. The SMILES string of the molecule is CCN(CC)C(=O)C(=O)N1C/C(=C\c2cccc(O)c2)C(=O)/C(=C/c2cccc(O)c2)C1.